The number of ether oxygens (including phenoxy) is 1. The molecule has 4 rings (SSSR count). The van der Waals surface area contributed by atoms with Crippen LogP contribution in [0.25, 0.3) is 10.9 Å². The van der Waals surface area contributed by atoms with E-state index in [1.54, 1.807) is 31.2 Å². The average Bonchev–Trinajstić information content (AvgIpc) is 3.59. The highest BCUT2D eigenvalue weighted by molar-refractivity contribution is 9.10. The largest absolute Gasteiger partial charge is 0.611 e. The number of aromatic hydroxyl groups is 1. The number of rotatable bonds is 9. The summed E-state index contributed by atoms with van der Waals surface area (Å²) in [6, 6.07) is 8.88. The van der Waals surface area contributed by atoms with Gasteiger partial charge in [0.25, 0.3) is 0 Å². The van der Waals surface area contributed by atoms with Crippen LogP contribution in [0.2, 0.25) is 0 Å². The van der Waals surface area contributed by atoms with Crippen molar-refractivity contribution in [3.05, 3.63) is 51.6 Å². The molecule has 8 nitrogen and oxygen atoms in total. The number of carbonyl (C=O) groups excluding carboxylic acids is 2. The highest BCUT2D eigenvalue weighted by Crippen LogP contribution is 2.46. The minimum Gasteiger partial charge on any atom is -0.611 e. The van der Waals surface area contributed by atoms with Gasteiger partial charge >= 0.3 is 5.97 Å². The molecule has 36 heavy (non-hydrogen) atoms. The van der Waals surface area contributed by atoms with Gasteiger partial charge in [-0.3, -0.25) is 4.79 Å². The van der Waals surface area contributed by atoms with Crippen molar-refractivity contribution in [2.24, 2.45) is 0 Å². The lowest BCUT2D eigenvalue weighted by molar-refractivity contribution is -0.114. The number of amides is 1. The lowest BCUT2D eigenvalue weighted by atomic mass is 10.0. The van der Waals surface area contributed by atoms with Crippen molar-refractivity contribution < 1.29 is 24.0 Å². The summed E-state index contributed by atoms with van der Waals surface area (Å²) in [5.74, 6) is -0.481. The van der Waals surface area contributed by atoms with Gasteiger partial charge in [-0.25, -0.2) is 4.79 Å². The first-order valence-corrected chi connectivity index (χ1v) is 13.9. The second-order valence-electron chi connectivity index (χ2n) is 9.16. The molecule has 2 N–H and O–H groups in total. The Morgan fingerprint density at radius 1 is 1.28 bits per heavy atom. The summed E-state index contributed by atoms with van der Waals surface area (Å²) in [5, 5.41) is 14.3. The van der Waals surface area contributed by atoms with Crippen LogP contribution in [0.1, 0.15) is 54.3 Å². The van der Waals surface area contributed by atoms with E-state index in [9.17, 15) is 19.2 Å². The van der Waals surface area contributed by atoms with E-state index in [0.29, 0.717) is 43.8 Å². The van der Waals surface area contributed by atoms with Crippen LogP contribution < -0.4 is 5.32 Å². The number of hydrogen-bond acceptors (Lipinski definition) is 6. The molecule has 1 atom stereocenters. The molecule has 3 aromatic rings. The average molecular weight is 577 g/mol. The van der Waals surface area contributed by atoms with Crippen molar-refractivity contribution in [3.8, 4) is 5.75 Å². The number of aromatic nitrogens is 1. The van der Waals surface area contributed by atoms with E-state index in [0.717, 1.165) is 18.4 Å². The number of carbonyl (C=O) groups is 2. The lowest BCUT2D eigenvalue weighted by Gasteiger charge is -2.15. The summed E-state index contributed by atoms with van der Waals surface area (Å²) in [7, 11) is 3.80. The number of esters is 1. The quantitative estimate of drug-likeness (QED) is 0.276. The van der Waals surface area contributed by atoms with Gasteiger partial charge in [-0.05, 0) is 91.3 Å². The monoisotopic (exact) mass is 575 g/mol. The Bertz CT molecular complexity index is 1300. The first kappa shape index (κ1) is 26.5. The first-order chi connectivity index (χ1) is 17.1. The molecule has 0 radical (unpaired) electrons. The van der Waals surface area contributed by atoms with Crippen LogP contribution in [-0.2, 0) is 33.0 Å². The summed E-state index contributed by atoms with van der Waals surface area (Å²) >= 11 is 2.02. The van der Waals surface area contributed by atoms with Gasteiger partial charge in [-0.15, -0.1) is 0 Å². The van der Waals surface area contributed by atoms with Gasteiger partial charge in [0.1, 0.15) is 5.75 Å². The molecule has 1 amide bonds. The van der Waals surface area contributed by atoms with E-state index in [-0.39, 0.29) is 30.1 Å². The van der Waals surface area contributed by atoms with Crippen molar-refractivity contribution in [1.29, 1.82) is 0 Å². The van der Waals surface area contributed by atoms with E-state index in [2.05, 4.69) is 25.8 Å². The number of phenolic OH excluding ortho intramolecular Hbond substituents is 1. The third-order valence-corrected chi connectivity index (χ3v) is 7.93. The van der Waals surface area contributed by atoms with Crippen LogP contribution in [0.5, 0.6) is 5.75 Å². The number of nitrogens with one attached hydrogen (secondary N) is 1. The fourth-order valence-corrected chi connectivity index (χ4v) is 6.04. The number of phenols is 1. The van der Waals surface area contributed by atoms with Crippen LogP contribution >= 0.6 is 15.9 Å². The smallest absolute Gasteiger partial charge is 0.340 e. The maximum Gasteiger partial charge on any atom is 0.340 e. The second kappa shape index (κ2) is 10.8. The minimum absolute atomic E-state index is 0.0796. The third kappa shape index (κ3) is 5.41. The van der Waals surface area contributed by atoms with Gasteiger partial charge in [-0.2, -0.15) is 0 Å². The Morgan fingerprint density at radius 3 is 2.50 bits per heavy atom. The molecule has 0 saturated heterocycles. The van der Waals surface area contributed by atoms with Gasteiger partial charge in [0.15, 0.2) is 10.6 Å². The van der Waals surface area contributed by atoms with E-state index < -0.39 is 17.1 Å². The van der Waals surface area contributed by atoms with E-state index in [1.165, 1.54) is 6.92 Å². The maximum absolute atomic E-state index is 13.5. The second-order valence-corrected chi connectivity index (χ2v) is 11.5. The zero-order valence-corrected chi connectivity index (χ0v) is 23.2. The molecule has 1 saturated carbocycles. The Kier molecular flexibility index (Phi) is 7.99. The van der Waals surface area contributed by atoms with Crippen molar-refractivity contribution in [1.82, 2.24) is 9.47 Å². The summed E-state index contributed by atoms with van der Waals surface area (Å²) in [5.41, 5.74) is 3.07. The van der Waals surface area contributed by atoms with Crippen LogP contribution in [0, 0.1) is 0 Å². The Labute approximate surface area is 221 Å². The van der Waals surface area contributed by atoms with E-state index >= 15 is 0 Å². The lowest BCUT2D eigenvalue weighted by Crippen LogP contribution is -2.15. The number of nitrogens with zero attached hydrogens (tertiary/aromatic N) is 2. The molecule has 0 spiro atoms. The molecular weight excluding hydrogens is 546 g/mol. The molecule has 1 aliphatic carbocycles. The highest BCUT2D eigenvalue weighted by Gasteiger charge is 2.36. The Balaban J connectivity index is 1.88. The standard InChI is InChI=1S/C26H30BrN3O5S/c1-5-35-26(33)24-22(14-36(34)18-10-6-16(7-11-18)28-15(2)31)30(17-8-9-17)21-12-20(27)25(32)19(23(21)24)13-29(3)4/h6-7,10-12,17,32H,5,8-9,13-14H2,1-4H3,(H,28,31). The summed E-state index contributed by atoms with van der Waals surface area (Å²) in [6.45, 7) is 3.80. The number of fused-ring (bicyclic) bond motifs is 1. The van der Waals surface area contributed by atoms with Crippen molar-refractivity contribution in [2.75, 3.05) is 26.0 Å². The summed E-state index contributed by atoms with van der Waals surface area (Å²) < 4.78 is 21.7. The SMILES string of the molecule is CCOC(=O)c1c(C[S+]([O-])c2ccc(NC(C)=O)cc2)n(C2CC2)c2cc(Br)c(O)c(CN(C)C)c12. The van der Waals surface area contributed by atoms with Gasteiger partial charge in [0, 0.05) is 36.1 Å². The maximum atomic E-state index is 13.5. The highest BCUT2D eigenvalue weighted by atomic mass is 79.9. The summed E-state index contributed by atoms with van der Waals surface area (Å²) in [4.78, 5) is 27.2. The Morgan fingerprint density at radius 2 is 1.94 bits per heavy atom. The number of benzene rings is 2. The molecule has 1 fully saturated rings. The normalized spacial score (nSPS) is 14.3. The van der Waals surface area contributed by atoms with Gasteiger partial charge in [0.05, 0.1) is 27.9 Å². The van der Waals surface area contributed by atoms with Crippen molar-refractivity contribution in [2.45, 2.75) is 49.9 Å². The predicted octanol–water partition coefficient (Wildman–Crippen LogP) is 4.95. The number of anilines is 1. The third-order valence-electron chi connectivity index (χ3n) is 5.99. The molecular formula is C26H30BrN3O5S. The molecule has 1 unspecified atom stereocenters. The molecule has 1 aromatic heterocycles. The molecule has 192 valence electrons. The molecule has 2 aromatic carbocycles. The van der Waals surface area contributed by atoms with Crippen LogP contribution in [0.4, 0.5) is 5.69 Å². The fourth-order valence-electron chi connectivity index (χ4n) is 4.44. The zero-order chi connectivity index (χ0) is 26.1. The topological polar surface area (TPSA) is 107 Å². The van der Waals surface area contributed by atoms with Gasteiger partial charge < -0.3 is 29.2 Å². The minimum atomic E-state index is -1.47. The molecule has 0 bridgehead atoms. The van der Waals surface area contributed by atoms with E-state index in [4.69, 9.17) is 4.74 Å². The molecule has 1 aliphatic rings. The first-order valence-electron chi connectivity index (χ1n) is 11.8. The predicted molar refractivity (Wildman–Crippen MR) is 144 cm³/mol. The van der Waals surface area contributed by atoms with Gasteiger partial charge in [-0.1, -0.05) is 0 Å². The van der Waals surface area contributed by atoms with Crippen LogP contribution in [0.3, 0.4) is 0 Å². The number of hydrogen-bond donors (Lipinski definition) is 2. The number of halogens is 1. The van der Waals surface area contributed by atoms with E-state index in [1.807, 2.05) is 25.1 Å². The zero-order valence-electron chi connectivity index (χ0n) is 20.8. The van der Waals surface area contributed by atoms with Gasteiger partial charge in [0.2, 0.25) is 5.91 Å². The van der Waals surface area contributed by atoms with Crippen molar-refractivity contribution >= 4 is 55.6 Å². The van der Waals surface area contributed by atoms with Crippen molar-refractivity contribution in [3.63, 3.8) is 0 Å². The summed E-state index contributed by atoms with van der Waals surface area (Å²) in [6.07, 6.45) is 1.91. The molecule has 0 aliphatic heterocycles. The molecule has 10 heteroatoms. The molecule has 1 heterocycles. The Hall–Kier alpha value is -2.53. The van der Waals surface area contributed by atoms with Crippen LogP contribution in [0.15, 0.2) is 39.7 Å². The fraction of sp³-hybridized carbons (Fsp3) is 0.385. The van der Waals surface area contributed by atoms with Crippen LogP contribution in [-0.4, -0.2) is 51.7 Å².